The molecule has 0 aliphatic heterocycles. The summed E-state index contributed by atoms with van der Waals surface area (Å²) in [5.74, 6) is -1.05. The molecule has 0 spiro atoms. The number of carboxylic acids is 1. The standard InChI is InChI=1S/C10H10N2O3S/c1-5-3-7-8(16-5)11-4-12(9(7)13)6(2)10(14)15/h3-4,6H,1-2H3,(H,14,15)/t6-/m1/s1. The van der Waals surface area contributed by atoms with Gasteiger partial charge in [0.25, 0.3) is 5.56 Å². The molecular formula is C10H10N2O3S. The maximum Gasteiger partial charge on any atom is 0.326 e. The Morgan fingerprint density at radius 3 is 2.94 bits per heavy atom. The molecule has 6 heteroatoms. The van der Waals surface area contributed by atoms with Crippen LogP contribution in [0.3, 0.4) is 0 Å². The Morgan fingerprint density at radius 2 is 2.31 bits per heavy atom. The SMILES string of the molecule is Cc1cc2c(=O)n([C@H](C)C(=O)O)cnc2s1. The number of carbonyl (C=O) groups is 1. The number of fused-ring (bicyclic) bond motifs is 1. The Kier molecular flexibility index (Phi) is 2.51. The molecule has 0 aromatic carbocycles. The molecule has 1 atom stereocenters. The minimum Gasteiger partial charge on any atom is -0.480 e. The summed E-state index contributed by atoms with van der Waals surface area (Å²) >= 11 is 1.42. The quantitative estimate of drug-likeness (QED) is 0.858. The molecule has 0 amide bonds. The van der Waals surface area contributed by atoms with E-state index in [9.17, 15) is 9.59 Å². The Hall–Kier alpha value is -1.69. The number of hydrogen-bond donors (Lipinski definition) is 1. The van der Waals surface area contributed by atoms with Gasteiger partial charge in [-0.3, -0.25) is 9.36 Å². The lowest BCUT2D eigenvalue weighted by Crippen LogP contribution is -2.27. The van der Waals surface area contributed by atoms with Crippen LogP contribution in [0.4, 0.5) is 0 Å². The van der Waals surface area contributed by atoms with Crippen molar-refractivity contribution in [3.05, 3.63) is 27.6 Å². The van der Waals surface area contributed by atoms with Crippen LogP contribution in [0.25, 0.3) is 10.2 Å². The van der Waals surface area contributed by atoms with Gasteiger partial charge in [0.05, 0.1) is 11.7 Å². The molecule has 0 aliphatic carbocycles. The number of aliphatic carboxylic acids is 1. The summed E-state index contributed by atoms with van der Waals surface area (Å²) in [6.07, 6.45) is 1.29. The number of rotatable bonds is 2. The summed E-state index contributed by atoms with van der Waals surface area (Å²) in [7, 11) is 0. The maximum atomic E-state index is 12.0. The van der Waals surface area contributed by atoms with Gasteiger partial charge < -0.3 is 5.11 Å². The van der Waals surface area contributed by atoms with E-state index in [2.05, 4.69) is 4.98 Å². The molecule has 0 saturated carbocycles. The van der Waals surface area contributed by atoms with Crippen molar-refractivity contribution in [3.8, 4) is 0 Å². The fourth-order valence-electron chi connectivity index (χ4n) is 1.45. The van der Waals surface area contributed by atoms with Crippen molar-refractivity contribution < 1.29 is 9.90 Å². The van der Waals surface area contributed by atoms with Crippen LogP contribution in [0, 0.1) is 6.92 Å². The van der Waals surface area contributed by atoms with Crippen LogP contribution in [0.2, 0.25) is 0 Å². The first-order chi connectivity index (χ1) is 7.50. The Morgan fingerprint density at radius 1 is 1.62 bits per heavy atom. The zero-order chi connectivity index (χ0) is 11.9. The molecule has 0 fully saturated rings. The zero-order valence-electron chi connectivity index (χ0n) is 8.80. The molecule has 16 heavy (non-hydrogen) atoms. The molecular weight excluding hydrogens is 228 g/mol. The molecule has 0 unspecified atom stereocenters. The molecule has 2 heterocycles. The van der Waals surface area contributed by atoms with E-state index >= 15 is 0 Å². The van der Waals surface area contributed by atoms with E-state index in [1.54, 1.807) is 6.07 Å². The van der Waals surface area contributed by atoms with Gasteiger partial charge in [-0.15, -0.1) is 11.3 Å². The number of aromatic nitrogens is 2. The summed E-state index contributed by atoms with van der Waals surface area (Å²) in [4.78, 5) is 28.5. The van der Waals surface area contributed by atoms with Gasteiger partial charge in [-0.05, 0) is 19.9 Å². The minimum atomic E-state index is -1.05. The van der Waals surface area contributed by atoms with Crippen molar-refractivity contribution in [2.24, 2.45) is 0 Å². The van der Waals surface area contributed by atoms with Gasteiger partial charge in [0.1, 0.15) is 10.9 Å². The van der Waals surface area contributed by atoms with Gasteiger partial charge >= 0.3 is 5.97 Å². The zero-order valence-corrected chi connectivity index (χ0v) is 9.61. The van der Waals surface area contributed by atoms with Crippen LogP contribution in [0.1, 0.15) is 17.8 Å². The third kappa shape index (κ3) is 1.61. The second-order valence-corrected chi connectivity index (χ2v) is 4.78. The molecule has 0 aliphatic rings. The Labute approximate surface area is 95.0 Å². The fraction of sp³-hybridized carbons (Fsp3) is 0.300. The Balaban J connectivity index is 2.69. The molecule has 2 rings (SSSR count). The first-order valence-corrected chi connectivity index (χ1v) is 5.52. The first-order valence-electron chi connectivity index (χ1n) is 4.71. The van der Waals surface area contributed by atoms with Crippen molar-refractivity contribution in [2.45, 2.75) is 19.9 Å². The van der Waals surface area contributed by atoms with E-state index in [1.807, 2.05) is 6.92 Å². The molecule has 2 aromatic rings. The lowest BCUT2D eigenvalue weighted by molar-refractivity contribution is -0.140. The highest BCUT2D eigenvalue weighted by atomic mass is 32.1. The van der Waals surface area contributed by atoms with Crippen molar-refractivity contribution in [1.29, 1.82) is 0 Å². The van der Waals surface area contributed by atoms with Gasteiger partial charge in [0.15, 0.2) is 0 Å². The highest BCUT2D eigenvalue weighted by Gasteiger charge is 2.16. The third-order valence-electron chi connectivity index (χ3n) is 2.37. The van der Waals surface area contributed by atoms with Crippen molar-refractivity contribution in [3.63, 3.8) is 0 Å². The highest BCUT2D eigenvalue weighted by Crippen LogP contribution is 2.19. The minimum absolute atomic E-state index is 0.302. The van der Waals surface area contributed by atoms with E-state index in [1.165, 1.54) is 24.6 Å². The summed E-state index contributed by atoms with van der Waals surface area (Å²) in [5.41, 5.74) is -0.302. The number of aryl methyl sites for hydroxylation is 1. The smallest absolute Gasteiger partial charge is 0.326 e. The van der Waals surface area contributed by atoms with Gasteiger partial charge in [-0.2, -0.15) is 0 Å². The van der Waals surface area contributed by atoms with Crippen molar-refractivity contribution >= 4 is 27.5 Å². The van der Waals surface area contributed by atoms with E-state index in [4.69, 9.17) is 5.11 Å². The van der Waals surface area contributed by atoms with Crippen LogP contribution in [-0.2, 0) is 4.79 Å². The monoisotopic (exact) mass is 238 g/mol. The Bertz CT molecular complexity index is 614. The second kappa shape index (κ2) is 3.71. The molecule has 0 radical (unpaired) electrons. The first kappa shape index (κ1) is 10.8. The van der Waals surface area contributed by atoms with E-state index in [-0.39, 0.29) is 5.56 Å². The van der Waals surface area contributed by atoms with Crippen LogP contribution in [0.15, 0.2) is 17.2 Å². The van der Waals surface area contributed by atoms with E-state index < -0.39 is 12.0 Å². The molecule has 5 nitrogen and oxygen atoms in total. The lowest BCUT2D eigenvalue weighted by Gasteiger charge is -2.08. The van der Waals surface area contributed by atoms with Crippen LogP contribution in [0.5, 0.6) is 0 Å². The molecule has 2 aromatic heterocycles. The largest absolute Gasteiger partial charge is 0.480 e. The summed E-state index contributed by atoms with van der Waals surface area (Å²) < 4.78 is 1.14. The molecule has 84 valence electrons. The van der Waals surface area contributed by atoms with E-state index in [0.29, 0.717) is 10.2 Å². The summed E-state index contributed by atoms with van der Waals surface area (Å²) in [6.45, 7) is 3.34. The van der Waals surface area contributed by atoms with E-state index in [0.717, 1.165) is 9.44 Å². The fourth-order valence-corrected chi connectivity index (χ4v) is 2.29. The third-order valence-corrected chi connectivity index (χ3v) is 3.33. The van der Waals surface area contributed by atoms with Gasteiger partial charge in [-0.1, -0.05) is 0 Å². The number of carboxylic acid groups (broad SMARTS) is 1. The van der Waals surface area contributed by atoms with Gasteiger partial charge in [-0.25, -0.2) is 9.78 Å². The molecule has 0 bridgehead atoms. The maximum absolute atomic E-state index is 12.0. The number of nitrogens with zero attached hydrogens (tertiary/aromatic N) is 2. The average molecular weight is 238 g/mol. The molecule has 0 saturated heterocycles. The predicted octanol–water partition coefficient (Wildman–Crippen LogP) is 1.41. The van der Waals surface area contributed by atoms with Gasteiger partial charge in [0.2, 0.25) is 0 Å². The lowest BCUT2D eigenvalue weighted by atomic mass is 10.3. The van der Waals surface area contributed by atoms with Crippen molar-refractivity contribution in [2.75, 3.05) is 0 Å². The average Bonchev–Trinajstić information content (AvgIpc) is 2.59. The van der Waals surface area contributed by atoms with Crippen LogP contribution < -0.4 is 5.56 Å². The van der Waals surface area contributed by atoms with Crippen molar-refractivity contribution in [1.82, 2.24) is 9.55 Å². The van der Waals surface area contributed by atoms with Gasteiger partial charge in [0, 0.05) is 4.88 Å². The number of hydrogen-bond acceptors (Lipinski definition) is 4. The normalized spacial score (nSPS) is 12.9. The predicted molar refractivity (Wildman–Crippen MR) is 61.0 cm³/mol. The topological polar surface area (TPSA) is 72.2 Å². The van der Waals surface area contributed by atoms with Crippen LogP contribution in [-0.4, -0.2) is 20.6 Å². The summed E-state index contributed by atoms with van der Waals surface area (Å²) in [6, 6.07) is 0.838. The second-order valence-electron chi connectivity index (χ2n) is 3.55. The summed E-state index contributed by atoms with van der Waals surface area (Å²) in [5, 5.41) is 9.34. The highest BCUT2D eigenvalue weighted by molar-refractivity contribution is 7.18. The number of thiophene rings is 1. The van der Waals surface area contributed by atoms with Crippen LogP contribution >= 0.6 is 11.3 Å². The molecule has 1 N–H and O–H groups in total.